The van der Waals surface area contributed by atoms with Gasteiger partial charge in [0.1, 0.15) is 6.23 Å². The molecule has 0 aliphatic heterocycles. The molecule has 1 aromatic rings. The first-order valence-electron chi connectivity index (χ1n) is 4.40. The van der Waals surface area contributed by atoms with E-state index in [9.17, 15) is 14.7 Å². The number of nitrogens with one attached hydrogen (secondary N) is 2. The van der Waals surface area contributed by atoms with Crippen molar-refractivity contribution in [3.05, 3.63) is 33.1 Å². The minimum Gasteiger partial charge on any atom is -0.372 e. The van der Waals surface area contributed by atoms with Crippen molar-refractivity contribution in [3.8, 4) is 0 Å². The van der Waals surface area contributed by atoms with Gasteiger partial charge in [-0.1, -0.05) is 13.3 Å². The first-order valence-corrected chi connectivity index (χ1v) is 4.40. The molecule has 0 saturated heterocycles. The van der Waals surface area contributed by atoms with Crippen LogP contribution in [0.3, 0.4) is 0 Å². The SMILES string of the molecule is CCCC(O)Nn1ccc(=O)[nH]c1=O. The zero-order chi connectivity index (χ0) is 10.6. The summed E-state index contributed by atoms with van der Waals surface area (Å²) >= 11 is 0. The second kappa shape index (κ2) is 4.61. The van der Waals surface area contributed by atoms with Gasteiger partial charge < -0.3 is 5.11 Å². The molecule has 0 saturated carbocycles. The van der Waals surface area contributed by atoms with E-state index in [0.29, 0.717) is 6.42 Å². The van der Waals surface area contributed by atoms with Gasteiger partial charge in [0.2, 0.25) is 0 Å². The van der Waals surface area contributed by atoms with Crippen molar-refractivity contribution in [1.82, 2.24) is 9.66 Å². The van der Waals surface area contributed by atoms with Crippen molar-refractivity contribution in [2.75, 3.05) is 5.43 Å². The van der Waals surface area contributed by atoms with Gasteiger partial charge in [-0.25, -0.2) is 9.47 Å². The monoisotopic (exact) mass is 199 g/mol. The normalized spacial score (nSPS) is 12.4. The van der Waals surface area contributed by atoms with Crippen LogP contribution in [0.2, 0.25) is 0 Å². The molecule has 1 heterocycles. The third-order valence-corrected chi connectivity index (χ3v) is 1.67. The van der Waals surface area contributed by atoms with E-state index < -0.39 is 17.5 Å². The molecule has 0 aliphatic carbocycles. The molecule has 0 aromatic carbocycles. The number of nitrogens with zero attached hydrogens (tertiary/aromatic N) is 1. The molecule has 0 radical (unpaired) electrons. The summed E-state index contributed by atoms with van der Waals surface area (Å²) in [5.74, 6) is 0. The van der Waals surface area contributed by atoms with Crippen LogP contribution in [-0.4, -0.2) is 21.0 Å². The quantitative estimate of drug-likeness (QED) is 0.554. The second-order valence-electron chi connectivity index (χ2n) is 2.91. The molecule has 3 N–H and O–H groups in total. The molecule has 1 rings (SSSR count). The number of hydrogen-bond donors (Lipinski definition) is 3. The van der Waals surface area contributed by atoms with E-state index >= 15 is 0 Å². The number of hydrogen-bond acceptors (Lipinski definition) is 4. The summed E-state index contributed by atoms with van der Waals surface area (Å²) in [4.78, 5) is 23.9. The average Bonchev–Trinajstić information content (AvgIpc) is 2.10. The van der Waals surface area contributed by atoms with Gasteiger partial charge >= 0.3 is 5.69 Å². The zero-order valence-electron chi connectivity index (χ0n) is 7.86. The van der Waals surface area contributed by atoms with Gasteiger partial charge in [0.05, 0.1) is 0 Å². The van der Waals surface area contributed by atoms with Crippen LogP contribution in [0, 0.1) is 0 Å². The third kappa shape index (κ3) is 2.74. The van der Waals surface area contributed by atoms with E-state index in [2.05, 4.69) is 10.4 Å². The summed E-state index contributed by atoms with van der Waals surface area (Å²) in [5.41, 5.74) is 1.48. The summed E-state index contributed by atoms with van der Waals surface area (Å²) in [7, 11) is 0. The summed E-state index contributed by atoms with van der Waals surface area (Å²) < 4.78 is 1.04. The molecular weight excluding hydrogens is 186 g/mol. The molecule has 0 aliphatic rings. The largest absolute Gasteiger partial charge is 0.372 e. The fraction of sp³-hybridized carbons (Fsp3) is 0.500. The van der Waals surface area contributed by atoms with Crippen LogP contribution in [0.5, 0.6) is 0 Å². The Morgan fingerprint density at radius 1 is 1.64 bits per heavy atom. The van der Waals surface area contributed by atoms with E-state index in [4.69, 9.17) is 0 Å². The highest BCUT2D eigenvalue weighted by atomic mass is 16.3. The lowest BCUT2D eigenvalue weighted by molar-refractivity contribution is 0.175. The Hall–Kier alpha value is -1.56. The van der Waals surface area contributed by atoms with Gasteiger partial charge in [-0.15, -0.1) is 0 Å². The molecule has 1 aromatic heterocycles. The first-order chi connectivity index (χ1) is 6.63. The van der Waals surface area contributed by atoms with Gasteiger partial charge in [0, 0.05) is 12.3 Å². The van der Waals surface area contributed by atoms with E-state index in [0.717, 1.165) is 11.1 Å². The van der Waals surface area contributed by atoms with Gasteiger partial charge in [0.25, 0.3) is 5.56 Å². The number of aromatic amines is 1. The van der Waals surface area contributed by atoms with Crippen molar-refractivity contribution in [2.45, 2.75) is 26.0 Å². The summed E-state index contributed by atoms with van der Waals surface area (Å²) in [6, 6.07) is 1.20. The van der Waals surface area contributed by atoms with Crippen LogP contribution < -0.4 is 16.7 Å². The topological polar surface area (TPSA) is 87.1 Å². The predicted molar refractivity (Wildman–Crippen MR) is 51.6 cm³/mol. The van der Waals surface area contributed by atoms with Crippen LogP contribution >= 0.6 is 0 Å². The second-order valence-corrected chi connectivity index (χ2v) is 2.91. The van der Waals surface area contributed by atoms with Gasteiger partial charge in [-0.2, -0.15) is 0 Å². The summed E-state index contributed by atoms with van der Waals surface area (Å²) in [5, 5.41) is 9.33. The molecule has 6 nitrogen and oxygen atoms in total. The van der Waals surface area contributed by atoms with Crippen LogP contribution in [-0.2, 0) is 0 Å². The Balaban J connectivity index is 2.77. The van der Waals surface area contributed by atoms with Crippen LogP contribution in [0.25, 0.3) is 0 Å². The maximum absolute atomic E-state index is 11.1. The number of aliphatic hydroxyl groups excluding tert-OH is 1. The molecular formula is C8H13N3O3. The third-order valence-electron chi connectivity index (χ3n) is 1.67. The minimum absolute atomic E-state index is 0.460. The van der Waals surface area contributed by atoms with Crippen LogP contribution in [0.4, 0.5) is 0 Å². The molecule has 6 heteroatoms. The van der Waals surface area contributed by atoms with E-state index in [1.54, 1.807) is 0 Å². The van der Waals surface area contributed by atoms with Crippen LogP contribution in [0.15, 0.2) is 21.9 Å². The molecule has 78 valence electrons. The summed E-state index contributed by atoms with van der Waals surface area (Å²) in [6.07, 6.45) is 1.82. The first kappa shape index (κ1) is 10.5. The Kier molecular flexibility index (Phi) is 3.47. The van der Waals surface area contributed by atoms with E-state index in [-0.39, 0.29) is 0 Å². The molecule has 14 heavy (non-hydrogen) atoms. The van der Waals surface area contributed by atoms with E-state index in [1.165, 1.54) is 12.3 Å². The lowest BCUT2D eigenvalue weighted by Gasteiger charge is -2.13. The summed E-state index contributed by atoms with van der Waals surface area (Å²) in [6.45, 7) is 1.92. The molecule has 0 bridgehead atoms. The van der Waals surface area contributed by atoms with Gasteiger partial charge in [-0.3, -0.25) is 15.2 Å². The molecule has 0 fully saturated rings. The Morgan fingerprint density at radius 3 is 2.93 bits per heavy atom. The predicted octanol–water partition coefficient (Wildman–Crippen LogP) is -0.801. The highest BCUT2D eigenvalue weighted by Gasteiger charge is 2.02. The van der Waals surface area contributed by atoms with Gasteiger partial charge in [0.15, 0.2) is 0 Å². The lowest BCUT2D eigenvalue weighted by Crippen LogP contribution is -2.39. The van der Waals surface area contributed by atoms with Crippen molar-refractivity contribution in [2.24, 2.45) is 0 Å². The standard InChI is InChI=1S/C8H13N3O3/c1-2-3-7(13)10-11-5-4-6(12)9-8(11)14/h4-5,7,10,13H,2-3H2,1H3,(H,9,12,14). The van der Waals surface area contributed by atoms with Crippen LogP contribution in [0.1, 0.15) is 19.8 Å². The molecule has 0 amide bonds. The van der Waals surface area contributed by atoms with Crippen molar-refractivity contribution in [3.63, 3.8) is 0 Å². The average molecular weight is 199 g/mol. The Bertz CT molecular complexity index is 395. The fourth-order valence-electron chi connectivity index (χ4n) is 1.02. The Morgan fingerprint density at radius 2 is 2.36 bits per heavy atom. The molecule has 1 atom stereocenters. The van der Waals surface area contributed by atoms with Crippen molar-refractivity contribution in [1.29, 1.82) is 0 Å². The maximum atomic E-state index is 11.1. The highest BCUT2D eigenvalue weighted by molar-refractivity contribution is 4.86. The minimum atomic E-state index is -0.788. The zero-order valence-corrected chi connectivity index (χ0v) is 7.86. The number of H-pyrrole nitrogens is 1. The van der Waals surface area contributed by atoms with E-state index in [1.807, 2.05) is 6.92 Å². The van der Waals surface area contributed by atoms with Crippen molar-refractivity contribution < 1.29 is 5.11 Å². The molecule has 0 spiro atoms. The molecule has 1 unspecified atom stereocenters. The smallest absolute Gasteiger partial charge is 0.346 e. The Labute approximate surface area is 80.2 Å². The fourth-order valence-corrected chi connectivity index (χ4v) is 1.02. The van der Waals surface area contributed by atoms with Gasteiger partial charge in [-0.05, 0) is 6.42 Å². The van der Waals surface area contributed by atoms with Crippen molar-refractivity contribution >= 4 is 0 Å². The number of rotatable bonds is 4. The number of aromatic nitrogens is 2. The number of aliphatic hydroxyl groups is 1. The lowest BCUT2D eigenvalue weighted by atomic mass is 10.3. The highest BCUT2D eigenvalue weighted by Crippen LogP contribution is 1.92. The maximum Gasteiger partial charge on any atom is 0.346 e.